The lowest BCUT2D eigenvalue weighted by atomic mass is 10.2. The lowest BCUT2D eigenvalue weighted by Crippen LogP contribution is -2.40. The Balaban J connectivity index is 1.71. The number of rotatable bonds is 2. The summed E-state index contributed by atoms with van der Waals surface area (Å²) in [4.78, 5) is 24.0. The minimum Gasteiger partial charge on any atom is -0.398 e. The molecule has 1 atom stereocenters. The third-order valence-electron chi connectivity index (χ3n) is 2.76. The summed E-state index contributed by atoms with van der Waals surface area (Å²) in [6.45, 7) is 0. The molecule has 3 N–H and O–H groups in total. The Hall–Kier alpha value is -2.15. The lowest BCUT2D eigenvalue weighted by molar-refractivity contribution is -0.119. The second-order valence-electron chi connectivity index (χ2n) is 4.04. The molecule has 0 aliphatic carbocycles. The molecular formula is C12H11N5OS. The molecule has 3 rings (SSSR count). The Morgan fingerprint density at radius 1 is 1.37 bits per heavy atom. The molecule has 0 saturated carbocycles. The van der Waals surface area contributed by atoms with Crippen molar-refractivity contribution >= 4 is 40.7 Å². The molecule has 1 unspecified atom stereocenters. The summed E-state index contributed by atoms with van der Waals surface area (Å²) in [6.07, 6.45) is 1.34. The highest BCUT2D eigenvalue weighted by molar-refractivity contribution is 8.13. The van der Waals surface area contributed by atoms with E-state index in [1.165, 1.54) is 18.1 Å². The smallest absolute Gasteiger partial charge is 0.257 e. The predicted octanol–water partition coefficient (Wildman–Crippen LogP) is 0.797. The van der Waals surface area contributed by atoms with Gasteiger partial charge in [0.15, 0.2) is 17.0 Å². The van der Waals surface area contributed by atoms with Crippen LogP contribution in [0.5, 0.6) is 0 Å². The van der Waals surface area contributed by atoms with Crippen molar-refractivity contribution < 1.29 is 4.79 Å². The van der Waals surface area contributed by atoms with Crippen LogP contribution in [0.2, 0.25) is 0 Å². The maximum absolute atomic E-state index is 11.5. The molecule has 2 aliphatic rings. The average molecular weight is 273 g/mol. The van der Waals surface area contributed by atoms with Gasteiger partial charge in [0.1, 0.15) is 0 Å². The number of para-hydroxylation sites is 1. The van der Waals surface area contributed by atoms with Crippen molar-refractivity contribution in [2.75, 3.05) is 5.73 Å². The van der Waals surface area contributed by atoms with Crippen LogP contribution in [0.25, 0.3) is 0 Å². The number of nitrogens with zero attached hydrogens (tertiary/aromatic N) is 3. The molecule has 0 aromatic heterocycles. The first-order valence-corrected chi connectivity index (χ1v) is 6.68. The molecule has 7 heteroatoms. The van der Waals surface area contributed by atoms with Gasteiger partial charge < -0.3 is 11.1 Å². The summed E-state index contributed by atoms with van der Waals surface area (Å²) in [7, 11) is 0. The Labute approximate surface area is 113 Å². The van der Waals surface area contributed by atoms with E-state index in [1.807, 2.05) is 24.3 Å². The van der Waals surface area contributed by atoms with Crippen molar-refractivity contribution in [3.05, 3.63) is 29.8 Å². The number of anilines is 1. The van der Waals surface area contributed by atoms with E-state index in [2.05, 4.69) is 20.3 Å². The SMILES string of the molecule is Nc1ccccc1CSC1=NC2C(=O)NC=NC2=N1. The van der Waals surface area contributed by atoms with E-state index in [-0.39, 0.29) is 5.91 Å². The number of benzene rings is 1. The molecule has 2 aliphatic heterocycles. The van der Waals surface area contributed by atoms with Crippen molar-refractivity contribution in [1.29, 1.82) is 0 Å². The number of nitrogens with two attached hydrogens (primary N) is 1. The van der Waals surface area contributed by atoms with Crippen LogP contribution in [-0.4, -0.2) is 29.3 Å². The van der Waals surface area contributed by atoms with Crippen LogP contribution in [0.15, 0.2) is 39.2 Å². The molecule has 0 saturated heterocycles. The van der Waals surface area contributed by atoms with Gasteiger partial charge in [-0.05, 0) is 11.6 Å². The number of aliphatic imine (C=N–C) groups is 3. The van der Waals surface area contributed by atoms with Gasteiger partial charge in [0.2, 0.25) is 0 Å². The zero-order valence-electron chi connectivity index (χ0n) is 9.91. The third-order valence-corrected chi connectivity index (χ3v) is 3.67. The summed E-state index contributed by atoms with van der Waals surface area (Å²) in [5.41, 5.74) is 7.64. The number of carbonyl (C=O) groups excluding carboxylic acids is 1. The first kappa shape index (κ1) is 11.9. The monoisotopic (exact) mass is 273 g/mol. The molecule has 0 bridgehead atoms. The van der Waals surface area contributed by atoms with Crippen LogP contribution in [0.3, 0.4) is 0 Å². The van der Waals surface area contributed by atoms with Gasteiger partial charge in [-0.2, -0.15) is 0 Å². The van der Waals surface area contributed by atoms with Crippen molar-refractivity contribution in [2.45, 2.75) is 11.8 Å². The van der Waals surface area contributed by atoms with Crippen LogP contribution in [0.4, 0.5) is 5.69 Å². The minimum absolute atomic E-state index is 0.191. The van der Waals surface area contributed by atoms with E-state index in [0.29, 0.717) is 16.8 Å². The number of hydrogen-bond acceptors (Lipinski definition) is 6. The van der Waals surface area contributed by atoms with Gasteiger partial charge in [-0.1, -0.05) is 30.0 Å². The molecule has 2 heterocycles. The fraction of sp³-hybridized carbons (Fsp3) is 0.167. The zero-order valence-corrected chi connectivity index (χ0v) is 10.7. The maximum atomic E-state index is 11.5. The zero-order chi connectivity index (χ0) is 13.2. The maximum Gasteiger partial charge on any atom is 0.257 e. The first-order chi connectivity index (χ1) is 9.24. The second-order valence-corrected chi connectivity index (χ2v) is 4.98. The van der Waals surface area contributed by atoms with Crippen molar-refractivity contribution in [3.63, 3.8) is 0 Å². The Bertz CT molecular complexity index is 622. The standard InChI is InChI=1S/C12H11N5OS/c13-8-4-2-1-3-7(8)5-19-12-16-9-10(17-12)14-6-15-11(9)18/h1-4,6,9H,5,13H2,(H,14,15,16,17,18). The van der Waals surface area contributed by atoms with Crippen LogP contribution in [0.1, 0.15) is 5.56 Å². The van der Waals surface area contributed by atoms with Crippen LogP contribution >= 0.6 is 11.8 Å². The van der Waals surface area contributed by atoms with Gasteiger partial charge >= 0.3 is 0 Å². The number of nitrogens with one attached hydrogen (secondary N) is 1. The van der Waals surface area contributed by atoms with Gasteiger partial charge in [0.25, 0.3) is 5.91 Å². The van der Waals surface area contributed by atoms with Gasteiger partial charge in [-0.25, -0.2) is 15.0 Å². The molecule has 1 amide bonds. The highest BCUT2D eigenvalue weighted by Gasteiger charge is 2.31. The summed E-state index contributed by atoms with van der Waals surface area (Å²) >= 11 is 1.45. The molecule has 1 aromatic rings. The summed E-state index contributed by atoms with van der Waals surface area (Å²) < 4.78 is 0. The number of hydrogen-bond donors (Lipinski definition) is 2. The summed E-state index contributed by atoms with van der Waals surface area (Å²) in [5.74, 6) is 0.927. The van der Waals surface area contributed by atoms with Crippen molar-refractivity contribution in [1.82, 2.24) is 5.32 Å². The quantitative estimate of drug-likeness (QED) is 0.780. The molecule has 0 fully saturated rings. The van der Waals surface area contributed by atoms with Crippen molar-refractivity contribution in [2.24, 2.45) is 15.0 Å². The van der Waals surface area contributed by atoms with Gasteiger partial charge in [0, 0.05) is 11.4 Å². The number of carbonyl (C=O) groups is 1. The Kier molecular flexibility index (Phi) is 3.04. The average Bonchev–Trinajstić information content (AvgIpc) is 2.82. The molecule has 0 spiro atoms. The fourth-order valence-electron chi connectivity index (χ4n) is 1.75. The topological polar surface area (TPSA) is 92.2 Å². The Morgan fingerprint density at radius 2 is 2.21 bits per heavy atom. The number of fused-ring (bicyclic) bond motifs is 1. The largest absolute Gasteiger partial charge is 0.398 e. The normalized spacial score (nSPS) is 20.6. The lowest BCUT2D eigenvalue weighted by Gasteiger charge is -2.09. The minimum atomic E-state index is -0.597. The second kappa shape index (κ2) is 4.85. The number of amides is 1. The van der Waals surface area contributed by atoms with E-state index in [4.69, 9.17) is 5.73 Å². The molecular weight excluding hydrogens is 262 g/mol. The molecule has 1 aromatic carbocycles. The van der Waals surface area contributed by atoms with Gasteiger partial charge in [-0.15, -0.1) is 0 Å². The Morgan fingerprint density at radius 3 is 3.00 bits per heavy atom. The van der Waals surface area contributed by atoms with E-state index >= 15 is 0 Å². The fourth-order valence-corrected chi connectivity index (χ4v) is 2.64. The van der Waals surface area contributed by atoms with Crippen LogP contribution in [-0.2, 0) is 10.5 Å². The molecule has 0 radical (unpaired) electrons. The molecule has 6 nitrogen and oxygen atoms in total. The van der Waals surface area contributed by atoms with Gasteiger partial charge in [0.05, 0.1) is 6.34 Å². The number of nitrogen functional groups attached to an aromatic ring is 1. The van der Waals surface area contributed by atoms with E-state index < -0.39 is 6.04 Å². The number of thioether (sulfide) groups is 1. The third kappa shape index (κ3) is 2.37. The van der Waals surface area contributed by atoms with E-state index in [1.54, 1.807) is 0 Å². The van der Waals surface area contributed by atoms with E-state index in [0.717, 1.165) is 11.3 Å². The highest BCUT2D eigenvalue weighted by Crippen LogP contribution is 2.23. The first-order valence-electron chi connectivity index (χ1n) is 5.69. The highest BCUT2D eigenvalue weighted by atomic mass is 32.2. The summed E-state index contributed by atoms with van der Waals surface area (Å²) in [6, 6.07) is 7.05. The van der Waals surface area contributed by atoms with Gasteiger partial charge in [-0.3, -0.25) is 4.79 Å². The van der Waals surface area contributed by atoms with Crippen LogP contribution < -0.4 is 11.1 Å². The van der Waals surface area contributed by atoms with Crippen molar-refractivity contribution in [3.8, 4) is 0 Å². The molecule has 96 valence electrons. The summed E-state index contributed by atoms with van der Waals surface area (Å²) in [5, 5.41) is 3.08. The number of amidine groups is 2. The van der Waals surface area contributed by atoms with Crippen LogP contribution in [0, 0.1) is 0 Å². The molecule has 19 heavy (non-hydrogen) atoms. The van der Waals surface area contributed by atoms with E-state index in [9.17, 15) is 4.79 Å². The predicted molar refractivity (Wildman–Crippen MR) is 77.4 cm³/mol.